The van der Waals surface area contributed by atoms with E-state index in [2.05, 4.69) is 30.4 Å². The zero-order valence-corrected chi connectivity index (χ0v) is 13.3. The lowest BCUT2D eigenvalue weighted by molar-refractivity contribution is -0.276. The van der Waals surface area contributed by atoms with Crippen molar-refractivity contribution >= 4 is 44.5 Å². The summed E-state index contributed by atoms with van der Waals surface area (Å²) in [4.78, 5) is 14.9. The van der Waals surface area contributed by atoms with E-state index < -0.39 is 18.2 Å². The van der Waals surface area contributed by atoms with Crippen molar-refractivity contribution in [1.29, 1.82) is 0 Å². The molecule has 1 aromatic rings. The van der Waals surface area contributed by atoms with Crippen LogP contribution in [0.1, 0.15) is 11.1 Å². The zero-order valence-electron chi connectivity index (χ0n) is 9.55. The van der Waals surface area contributed by atoms with Gasteiger partial charge in [0.2, 0.25) is 5.88 Å². The van der Waals surface area contributed by atoms with Gasteiger partial charge in [0, 0.05) is 10.9 Å². The van der Waals surface area contributed by atoms with E-state index >= 15 is 0 Å². The summed E-state index contributed by atoms with van der Waals surface area (Å²) >= 11 is 4.81. The lowest BCUT2D eigenvalue weighted by atomic mass is 10.1. The number of methoxy groups -OCH3 is 1. The molecule has 0 aliphatic rings. The van der Waals surface area contributed by atoms with Gasteiger partial charge < -0.3 is 9.47 Å². The molecule has 106 valence electrons. The topological polar surface area (TPSA) is 48.4 Å². The van der Waals surface area contributed by atoms with E-state index in [1.165, 1.54) is 13.2 Å². The number of aromatic nitrogens is 1. The summed E-state index contributed by atoms with van der Waals surface area (Å²) in [5, 5.41) is 0.0780. The SMILES string of the molecule is COC(=O)Cc1cc(I)nc(OC(F)(F)F)c1CBr. The van der Waals surface area contributed by atoms with Gasteiger partial charge in [-0.15, -0.1) is 13.2 Å². The van der Waals surface area contributed by atoms with Crippen LogP contribution in [-0.4, -0.2) is 24.4 Å². The summed E-state index contributed by atoms with van der Waals surface area (Å²) < 4.78 is 45.5. The number of hydrogen-bond acceptors (Lipinski definition) is 4. The average Bonchev–Trinajstić information content (AvgIpc) is 2.26. The van der Waals surface area contributed by atoms with Crippen molar-refractivity contribution in [3.63, 3.8) is 0 Å². The Morgan fingerprint density at radius 1 is 1.53 bits per heavy atom. The molecule has 0 aliphatic heterocycles. The van der Waals surface area contributed by atoms with Crippen LogP contribution in [0.5, 0.6) is 5.88 Å². The number of nitrogens with zero attached hydrogens (tertiary/aromatic N) is 1. The van der Waals surface area contributed by atoms with Gasteiger partial charge in [0.05, 0.1) is 13.5 Å². The molecule has 0 spiro atoms. The number of halogens is 5. The molecule has 4 nitrogen and oxygen atoms in total. The Labute approximate surface area is 128 Å². The average molecular weight is 454 g/mol. The molecular weight excluding hydrogens is 446 g/mol. The fourth-order valence-corrected chi connectivity index (χ4v) is 2.48. The third-order valence-corrected chi connectivity index (χ3v) is 3.17. The van der Waals surface area contributed by atoms with E-state index in [9.17, 15) is 18.0 Å². The van der Waals surface area contributed by atoms with Crippen LogP contribution in [-0.2, 0) is 21.3 Å². The molecule has 0 aliphatic carbocycles. The summed E-state index contributed by atoms with van der Waals surface area (Å²) in [5.41, 5.74) is 0.547. The number of rotatable bonds is 4. The maximum absolute atomic E-state index is 12.3. The van der Waals surface area contributed by atoms with Crippen molar-refractivity contribution in [3.8, 4) is 5.88 Å². The number of ether oxygens (including phenoxy) is 2. The van der Waals surface area contributed by atoms with Gasteiger partial charge in [-0.3, -0.25) is 4.79 Å². The first kappa shape index (κ1) is 16.5. The van der Waals surface area contributed by atoms with Crippen LogP contribution in [0.25, 0.3) is 0 Å². The van der Waals surface area contributed by atoms with Gasteiger partial charge in [-0.2, -0.15) is 0 Å². The van der Waals surface area contributed by atoms with Gasteiger partial charge >= 0.3 is 12.3 Å². The fraction of sp³-hybridized carbons (Fsp3) is 0.400. The zero-order chi connectivity index (χ0) is 14.6. The highest BCUT2D eigenvalue weighted by Crippen LogP contribution is 2.30. The predicted molar refractivity (Wildman–Crippen MR) is 72.0 cm³/mol. The van der Waals surface area contributed by atoms with E-state index in [0.717, 1.165) is 0 Å². The van der Waals surface area contributed by atoms with Crippen molar-refractivity contribution in [2.45, 2.75) is 18.1 Å². The highest BCUT2D eigenvalue weighted by atomic mass is 127. The molecule has 0 radical (unpaired) electrons. The monoisotopic (exact) mass is 453 g/mol. The number of esters is 1. The first-order valence-corrected chi connectivity index (χ1v) is 7.03. The summed E-state index contributed by atoms with van der Waals surface area (Å²) in [5.74, 6) is -1.11. The fourth-order valence-electron chi connectivity index (χ4n) is 1.29. The van der Waals surface area contributed by atoms with Crippen LogP contribution < -0.4 is 4.74 Å². The Morgan fingerprint density at radius 2 is 2.16 bits per heavy atom. The molecule has 0 amide bonds. The second kappa shape index (κ2) is 6.73. The van der Waals surface area contributed by atoms with Gasteiger partial charge in [0.1, 0.15) is 3.70 Å². The van der Waals surface area contributed by atoms with Gasteiger partial charge in [0.25, 0.3) is 0 Å². The Hall–Kier alpha value is -0.580. The van der Waals surface area contributed by atoms with Crippen LogP contribution in [0.3, 0.4) is 0 Å². The molecule has 19 heavy (non-hydrogen) atoms. The normalized spacial score (nSPS) is 11.3. The summed E-state index contributed by atoms with van der Waals surface area (Å²) in [6.07, 6.45) is -4.99. The maximum atomic E-state index is 12.3. The molecular formula is C10H8BrF3INO3. The summed E-state index contributed by atoms with van der Waals surface area (Å²) in [7, 11) is 1.20. The molecule has 0 saturated carbocycles. The Kier molecular flexibility index (Phi) is 5.83. The second-order valence-corrected chi connectivity index (χ2v) is 4.99. The van der Waals surface area contributed by atoms with Crippen LogP contribution >= 0.6 is 38.5 Å². The van der Waals surface area contributed by atoms with Gasteiger partial charge in [0.15, 0.2) is 0 Å². The van der Waals surface area contributed by atoms with Gasteiger partial charge in [-0.1, -0.05) is 15.9 Å². The Morgan fingerprint density at radius 3 is 2.63 bits per heavy atom. The third-order valence-electron chi connectivity index (χ3n) is 2.06. The van der Waals surface area contributed by atoms with Crippen molar-refractivity contribution in [1.82, 2.24) is 4.98 Å². The van der Waals surface area contributed by atoms with E-state index in [-0.39, 0.29) is 17.3 Å². The standard InChI is InChI=1S/C10H8BrF3INO3/c1-18-8(17)3-5-2-7(15)16-9(6(5)4-11)19-10(12,13)14/h2H,3-4H2,1H3. The second-order valence-electron chi connectivity index (χ2n) is 3.32. The van der Waals surface area contributed by atoms with Crippen molar-refractivity contribution in [2.75, 3.05) is 7.11 Å². The molecule has 0 bridgehead atoms. The molecule has 0 aromatic carbocycles. The van der Waals surface area contributed by atoms with Crippen LogP contribution in [0.15, 0.2) is 6.07 Å². The number of pyridine rings is 1. The number of alkyl halides is 4. The minimum Gasteiger partial charge on any atom is -0.469 e. The minimum atomic E-state index is -4.84. The number of carbonyl (C=O) groups excluding carboxylic acids is 1. The Bertz CT molecular complexity index is 482. The van der Waals surface area contributed by atoms with E-state index in [4.69, 9.17) is 0 Å². The number of carbonyl (C=O) groups is 1. The first-order valence-electron chi connectivity index (χ1n) is 4.83. The smallest absolute Gasteiger partial charge is 0.469 e. The van der Waals surface area contributed by atoms with Gasteiger partial charge in [-0.05, 0) is 34.2 Å². The molecule has 1 heterocycles. The van der Waals surface area contributed by atoms with Crippen molar-refractivity contribution in [3.05, 3.63) is 20.9 Å². The third kappa shape index (κ3) is 5.13. The minimum absolute atomic E-state index is 0.0780. The summed E-state index contributed by atoms with van der Waals surface area (Å²) in [6.45, 7) is 0. The van der Waals surface area contributed by atoms with Crippen molar-refractivity contribution in [2.24, 2.45) is 0 Å². The highest BCUT2D eigenvalue weighted by Gasteiger charge is 2.33. The molecule has 0 fully saturated rings. The highest BCUT2D eigenvalue weighted by molar-refractivity contribution is 14.1. The molecule has 0 saturated heterocycles. The van der Waals surface area contributed by atoms with Crippen LogP contribution in [0, 0.1) is 3.70 Å². The lowest BCUT2D eigenvalue weighted by Gasteiger charge is -2.14. The predicted octanol–water partition coefficient (Wildman–Crippen LogP) is 3.20. The molecule has 0 unspecified atom stereocenters. The number of hydrogen-bond donors (Lipinski definition) is 0. The van der Waals surface area contributed by atoms with Crippen LogP contribution in [0.4, 0.5) is 13.2 Å². The quantitative estimate of drug-likeness (QED) is 0.304. The Balaban J connectivity index is 3.20. The maximum Gasteiger partial charge on any atom is 0.574 e. The largest absolute Gasteiger partial charge is 0.574 e. The van der Waals surface area contributed by atoms with Crippen LogP contribution in [0.2, 0.25) is 0 Å². The van der Waals surface area contributed by atoms with Gasteiger partial charge in [-0.25, -0.2) is 4.98 Å². The molecule has 0 N–H and O–H groups in total. The lowest BCUT2D eigenvalue weighted by Crippen LogP contribution is -2.20. The van der Waals surface area contributed by atoms with E-state index in [1.54, 1.807) is 22.6 Å². The molecule has 1 aromatic heterocycles. The molecule has 1 rings (SSSR count). The first-order chi connectivity index (χ1) is 8.76. The van der Waals surface area contributed by atoms with E-state index in [0.29, 0.717) is 9.26 Å². The summed E-state index contributed by atoms with van der Waals surface area (Å²) in [6, 6.07) is 1.51. The van der Waals surface area contributed by atoms with E-state index in [1.807, 2.05) is 0 Å². The molecule has 0 atom stereocenters. The molecule has 9 heteroatoms. The van der Waals surface area contributed by atoms with Crippen molar-refractivity contribution < 1.29 is 27.4 Å².